The molecule has 1 unspecified atom stereocenters. The molecule has 0 aromatic carbocycles. The van der Waals surface area contributed by atoms with Gasteiger partial charge in [-0.1, -0.05) is 68.6 Å². The van der Waals surface area contributed by atoms with E-state index in [4.69, 9.17) is 0 Å². The van der Waals surface area contributed by atoms with Crippen LogP contribution in [0.5, 0.6) is 0 Å². The molecule has 2 amide bonds. The molecule has 2 rings (SSSR count). The average molecular weight is 468 g/mol. The van der Waals surface area contributed by atoms with Crippen LogP contribution >= 0.6 is 0 Å². The van der Waals surface area contributed by atoms with Crippen LogP contribution in [0.1, 0.15) is 85.5 Å². The normalized spacial score (nSPS) is 18.5. The molecule has 0 aromatic heterocycles. The highest BCUT2D eigenvalue weighted by Gasteiger charge is 2.35. The quantitative estimate of drug-likeness (QED) is 0.382. The van der Waals surface area contributed by atoms with Gasteiger partial charge in [0.1, 0.15) is 6.04 Å². The molecule has 2 aliphatic carbocycles. The van der Waals surface area contributed by atoms with Gasteiger partial charge < -0.3 is 10.6 Å². The van der Waals surface area contributed by atoms with E-state index in [1.807, 2.05) is 45.9 Å². The third-order valence-corrected chi connectivity index (χ3v) is 6.73. The van der Waals surface area contributed by atoms with Crippen LogP contribution in [0.15, 0.2) is 59.9 Å². The lowest BCUT2D eigenvalue weighted by Gasteiger charge is -2.35. The molecule has 2 saturated carbocycles. The number of nitrogens with one attached hydrogen (secondary N) is 2. The Bertz CT molecular complexity index is 820. The first-order valence-corrected chi connectivity index (χ1v) is 12.9. The first-order valence-electron chi connectivity index (χ1n) is 12.9. The highest BCUT2D eigenvalue weighted by Crippen LogP contribution is 2.25. The lowest BCUT2D eigenvalue weighted by molar-refractivity contribution is -0.136. The molecule has 0 spiro atoms. The second-order valence-corrected chi connectivity index (χ2v) is 9.95. The highest BCUT2D eigenvalue weighted by molar-refractivity contribution is 5.93. The van der Waals surface area contributed by atoms with E-state index in [2.05, 4.69) is 23.8 Å². The number of nitrogens with zero attached hydrogens (tertiary/aromatic N) is 1. The van der Waals surface area contributed by atoms with Crippen LogP contribution in [0.2, 0.25) is 0 Å². The molecule has 0 bridgehead atoms. The summed E-state index contributed by atoms with van der Waals surface area (Å²) >= 11 is 0. The smallest absolute Gasteiger partial charge is 0.248 e. The molecule has 0 radical (unpaired) electrons. The Morgan fingerprint density at radius 1 is 1.00 bits per heavy atom. The monoisotopic (exact) mass is 467 g/mol. The summed E-state index contributed by atoms with van der Waals surface area (Å²) in [6.07, 6.45) is 17.4. The van der Waals surface area contributed by atoms with E-state index in [9.17, 15) is 9.59 Å². The molecule has 34 heavy (non-hydrogen) atoms. The summed E-state index contributed by atoms with van der Waals surface area (Å²) in [6, 6.07) is -0.280. The van der Waals surface area contributed by atoms with Gasteiger partial charge in [0.05, 0.1) is 6.54 Å². The first-order chi connectivity index (χ1) is 16.3. The van der Waals surface area contributed by atoms with Gasteiger partial charge in [-0.2, -0.15) is 0 Å². The predicted molar refractivity (Wildman–Crippen MR) is 142 cm³/mol. The van der Waals surface area contributed by atoms with E-state index >= 15 is 0 Å². The summed E-state index contributed by atoms with van der Waals surface area (Å²) in [6.45, 7) is 16.0. The summed E-state index contributed by atoms with van der Waals surface area (Å²) in [5, 5.41) is 6.70. The SMILES string of the molecule is C=CC(=C(C)C)C(C(=O)NC1CCCCC1)N(C(=O)CNC1CCCC1)C(C=CC)=CC(=C)C. The Labute approximate surface area is 207 Å². The van der Waals surface area contributed by atoms with Crippen LogP contribution in [0.4, 0.5) is 0 Å². The molecule has 0 aliphatic heterocycles. The number of carbonyl (C=O) groups excluding carboxylic acids is 2. The zero-order valence-electron chi connectivity index (χ0n) is 21.8. The summed E-state index contributed by atoms with van der Waals surface area (Å²) in [7, 11) is 0. The molecule has 188 valence electrons. The zero-order chi connectivity index (χ0) is 25.1. The van der Waals surface area contributed by atoms with Gasteiger partial charge in [-0.05, 0) is 71.1 Å². The maximum absolute atomic E-state index is 13.8. The van der Waals surface area contributed by atoms with Crippen molar-refractivity contribution in [3.05, 3.63) is 59.9 Å². The van der Waals surface area contributed by atoms with Crippen molar-refractivity contribution in [2.24, 2.45) is 0 Å². The third kappa shape index (κ3) is 8.12. The van der Waals surface area contributed by atoms with Gasteiger partial charge in [0.25, 0.3) is 0 Å². The molecule has 0 heterocycles. The summed E-state index contributed by atoms with van der Waals surface area (Å²) < 4.78 is 0. The van der Waals surface area contributed by atoms with Crippen molar-refractivity contribution in [3.8, 4) is 0 Å². The highest BCUT2D eigenvalue weighted by atomic mass is 16.2. The molecule has 1 atom stereocenters. The van der Waals surface area contributed by atoms with E-state index in [0.29, 0.717) is 11.7 Å². The third-order valence-electron chi connectivity index (χ3n) is 6.73. The Hall–Kier alpha value is -2.40. The van der Waals surface area contributed by atoms with Crippen molar-refractivity contribution in [2.45, 2.75) is 104 Å². The van der Waals surface area contributed by atoms with Crippen LogP contribution in [0.25, 0.3) is 0 Å². The van der Waals surface area contributed by atoms with Crippen LogP contribution in [-0.2, 0) is 9.59 Å². The minimum absolute atomic E-state index is 0.123. The largest absolute Gasteiger partial charge is 0.351 e. The van der Waals surface area contributed by atoms with Gasteiger partial charge in [-0.25, -0.2) is 0 Å². The maximum atomic E-state index is 13.8. The maximum Gasteiger partial charge on any atom is 0.248 e. The molecule has 0 saturated heterocycles. The first kappa shape index (κ1) is 27.8. The Morgan fingerprint density at radius 3 is 2.12 bits per heavy atom. The number of hydrogen-bond acceptors (Lipinski definition) is 3. The van der Waals surface area contributed by atoms with Crippen molar-refractivity contribution < 1.29 is 9.59 Å². The average Bonchev–Trinajstić information content (AvgIpc) is 3.31. The van der Waals surface area contributed by atoms with Crippen LogP contribution in [0.3, 0.4) is 0 Å². The molecule has 2 aliphatic rings. The summed E-state index contributed by atoms with van der Waals surface area (Å²) in [5.41, 5.74) is 3.21. The zero-order valence-corrected chi connectivity index (χ0v) is 21.8. The summed E-state index contributed by atoms with van der Waals surface area (Å²) in [5.74, 6) is -0.267. The second-order valence-electron chi connectivity index (χ2n) is 9.95. The van der Waals surface area contributed by atoms with Crippen molar-refractivity contribution in [1.82, 2.24) is 15.5 Å². The lowest BCUT2D eigenvalue weighted by atomic mass is 9.93. The fraction of sp³-hybridized carbons (Fsp3) is 0.586. The van der Waals surface area contributed by atoms with Crippen LogP contribution < -0.4 is 10.6 Å². The van der Waals surface area contributed by atoms with Crippen molar-refractivity contribution in [3.63, 3.8) is 0 Å². The van der Waals surface area contributed by atoms with Crippen molar-refractivity contribution in [2.75, 3.05) is 6.54 Å². The minimum atomic E-state index is -0.788. The number of hydrogen-bond donors (Lipinski definition) is 2. The summed E-state index contributed by atoms with van der Waals surface area (Å²) in [4.78, 5) is 29.3. The second kappa shape index (κ2) is 14.1. The van der Waals surface area contributed by atoms with E-state index < -0.39 is 6.04 Å². The van der Waals surface area contributed by atoms with Crippen LogP contribution in [-0.4, -0.2) is 41.4 Å². The fourth-order valence-corrected chi connectivity index (χ4v) is 5.02. The van der Waals surface area contributed by atoms with E-state index in [1.54, 1.807) is 11.0 Å². The minimum Gasteiger partial charge on any atom is -0.351 e. The predicted octanol–water partition coefficient (Wildman–Crippen LogP) is 5.72. The van der Waals surface area contributed by atoms with Gasteiger partial charge >= 0.3 is 0 Å². The van der Waals surface area contributed by atoms with Gasteiger partial charge in [0.15, 0.2) is 0 Å². The topological polar surface area (TPSA) is 61.4 Å². The van der Waals surface area contributed by atoms with Gasteiger partial charge in [-0.15, -0.1) is 0 Å². The Balaban J connectivity index is 2.49. The van der Waals surface area contributed by atoms with Gasteiger partial charge in [-0.3, -0.25) is 14.5 Å². The van der Waals surface area contributed by atoms with Gasteiger partial charge in [0, 0.05) is 17.8 Å². The molecule has 2 fully saturated rings. The van der Waals surface area contributed by atoms with Crippen molar-refractivity contribution >= 4 is 11.8 Å². The van der Waals surface area contributed by atoms with Crippen molar-refractivity contribution in [1.29, 1.82) is 0 Å². The Kier molecular flexibility index (Phi) is 11.5. The standard InChI is InChI=1S/C29H45N3O2/c1-7-14-25(19-21(3)4)32(27(33)20-30-23-15-12-13-16-23)28(26(8-2)22(5)6)29(34)31-24-17-10-9-11-18-24/h7-8,14,19,23-24,28,30H,2-3,9-13,15-18,20H2,1,4-6H3,(H,31,34). The number of carbonyl (C=O) groups is 2. The van der Waals surface area contributed by atoms with E-state index in [-0.39, 0.29) is 24.4 Å². The van der Waals surface area contributed by atoms with E-state index in [0.717, 1.165) is 55.2 Å². The molecule has 0 aromatic rings. The number of amides is 2. The molecular weight excluding hydrogens is 422 g/mol. The molecular formula is C29H45N3O2. The Morgan fingerprint density at radius 2 is 1.59 bits per heavy atom. The molecule has 5 nitrogen and oxygen atoms in total. The fourth-order valence-electron chi connectivity index (χ4n) is 5.02. The number of rotatable bonds is 11. The molecule has 2 N–H and O–H groups in total. The van der Waals surface area contributed by atoms with Crippen LogP contribution in [0, 0.1) is 0 Å². The molecule has 5 heteroatoms. The lowest BCUT2D eigenvalue weighted by Crippen LogP contribution is -2.54. The van der Waals surface area contributed by atoms with Gasteiger partial charge in [0.2, 0.25) is 11.8 Å². The van der Waals surface area contributed by atoms with E-state index in [1.165, 1.54) is 19.3 Å². The number of allylic oxidation sites excluding steroid dienone is 5.